The van der Waals surface area contributed by atoms with Crippen LogP contribution < -0.4 is 15.2 Å². The number of rotatable bonds is 8. The van der Waals surface area contributed by atoms with Gasteiger partial charge in [0, 0.05) is 77.6 Å². The van der Waals surface area contributed by atoms with Gasteiger partial charge in [-0.05, 0) is 47.9 Å². The molecule has 0 aliphatic carbocycles. The molecule has 0 saturated carbocycles. The number of fused-ring (bicyclic) bond motifs is 1. The minimum absolute atomic E-state index is 0.0595. The van der Waals surface area contributed by atoms with Gasteiger partial charge in [0.05, 0.1) is 17.5 Å². The molecule has 3 heterocycles. The molecule has 14 heteroatoms. The molecule has 1 saturated heterocycles. The average Bonchev–Trinajstić information content (AvgIpc) is 3.62. The van der Waals surface area contributed by atoms with Gasteiger partial charge in [-0.2, -0.15) is 0 Å². The van der Waals surface area contributed by atoms with E-state index >= 15 is 0 Å². The van der Waals surface area contributed by atoms with E-state index in [-0.39, 0.29) is 23.3 Å². The fourth-order valence-electron chi connectivity index (χ4n) is 5.30. The zero-order valence-electron chi connectivity index (χ0n) is 24.2. The molecule has 1 aliphatic heterocycles. The highest BCUT2D eigenvalue weighted by molar-refractivity contribution is 7.89. The summed E-state index contributed by atoms with van der Waals surface area (Å²) in [6, 6.07) is 18.9. The van der Waals surface area contributed by atoms with Crippen LogP contribution in [0.25, 0.3) is 22.0 Å². The van der Waals surface area contributed by atoms with Crippen molar-refractivity contribution in [2.75, 3.05) is 39.0 Å². The number of anilines is 1. The lowest BCUT2D eigenvalue weighted by atomic mass is 10.0. The largest absolute Gasteiger partial charge is 0.496 e. The van der Waals surface area contributed by atoms with Crippen molar-refractivity contribution in [1.29, 1.82) is 0 Å². The van der Waals surface area contributed by atoms with E-state index in [1.54, 1.807) is 51.7 Å². The number of ether oxygens (including phenoxy) is 1. The Hall–Kier alpha value is -4.92. The molecule has 1 aliphatic rings. The summed E-state index contributed by atoms with van der Waals surface area (Å²) in [6.07, 6.45) is 1.66. The normalized spacial score (nSPS) is 13.6. The van der Waals surface area contributed by atoms with Gasteiger partial charge in [-0.25, -0.2) is 13.1 Å². The second-order valence-electron chi connectivity index (χ2n) is 10.4. The van der Waals surface area contributed by atoms with Crippen molar-refractivity contribution in [3.8, 4) is 16.9 Å². The minimum Gasteiger partial charge on any atom is -0.496 e. The molecule has 1 fully saturated rings. The molecule has 3 aromatic carbocycles. The summed E-state index contributed by atoms with van der Waals surface area (Å²) in [5.41, 5.74) is 9.49. The number of carbonyl (C=O) groups is 2. The topological polar surface area (TPSA) is 161 Å². The van der Waals surface area contributed by atoms with E-state index in [1.807, 2.05) is 30.3 Å². The number of nitrogen functional groups attached to an aromatic ring is 1. The van der Waals surface area contributed by atoms with Gasteiger partial charge >= 0.3 is 0 Å². The summed E-state index contributed by atoms with van der Waals surface area (Å²) in [5.74, 6) is -0.0496. The van der Waals surface area contributed by atoms with E-state index in [4.69, 9.17) is 10.5 Å². The van der Waals surface area contributed by atoms with Gasteiger partial charge in [-0.1, -0.05) is 34.8 Å². The van der Waals surface area contributed by atoms with E-state index in [1.165, 1.54) is 13.2 Å². The number of benzene rings is 3. The lowest BCUT2D eigenvalue weighted by Crippen LogP contribution is -2.50. The molecule has 0 spiro atoms. The maximum Gasteiger partial charge on any atom is 0.275 e. The number of amides is 2. The molecule has 0 radical (unpaired) electrons. The first kappa shape index (κ1) is 30.1. The molecule has 230 valence electrons. The zero-order valence-corrected chi connectivity index (χ0v) is 25.8. The molecule has 2 aromatic heterocycles. The highest BCUT2D eigenvalue weighted by Crippen LogP contribution is 2.34. The lowest BCUT2D eigenvalue weighted by Gasteiger charge is -2.34. The van der Waals surface area contributed by atoms with E-state index < -0.39 is 10.0 Å². The lowest BCUT2D eigenvalue weighted by molar-refractivity contribution is 0.0532. The number of piperazine rings is 1. The van der Waals surface area contributed by atoms with Crippen molar-refractivity contribution in [3.63, 3.8) is 0 Å². The van der Waals surface area contributed by atoms with Crippen LogP contribution in [0.2, 0.25) is 0 Å². The molecular formula is C31H29N7O5S2. The number of aromatic nitrogens is 3. The second kappa shape index (κ2) is 12.6. The summed E-state index contributed by atoms with van der Waals surface area (Å²) in [6.45, 7) is 1.40. The van der Waals surface area contributed by atoms with E-state index in [0.29, 0.717) is 71.1 Å². The monoisotopic (exact) mass is 643 g/mol. The highest BCUT2D eigenvalue weighted by Gasteiger charge is 2.27. The van der Waals surface area contributed by atoms with Crippen molar-refractivity contribution < 1.29 is 22.7 Å². The molecule has 0 atom stereocenters. The van der Waals surface area contributed by atoms with Gasteiger partial charge in [0.15, 0.2) is 5.69 Å². The Balaban J connectivity index is 1.18. The number of nitrogens with zero attached hydrogens (tertiary/aromatic N) is 5. The summed E-state index contributed by atoms with van der Waals surface area (Å²) in [7, 11) is -2.56. The fourth-order valence-corrected chi connectivity index (χ4v) is 6.94. The van der Waals surface area contributed by atoms with Crippen LogP contribution >= 0.6 is 11.5 Å². The van der Waals surface area contributed by atoms with Crippen LogP contribution in [0.3, 0.4) is 0 Å². The van der Waals surface area contributed by atoms with Crippen molar-refractivity contribution in [1.82, 2.24) is 29.1 Å². The summed E-state index contributed by atoms with van der Waals surface area (Å²) in [4.78, 5) is 33.7. The minimum atomic E-state index is -4.02. The Kier molecular flexibility index (Phi) is 8.43. The zero-order chi connectivity index (χ0) is 31.6. The van der Waals surface area contributed by atoms with E-state index in [0.717, 1.165) is 16.9 Å². The Morgan fingerprint density at radius 2 is 1.71 bits per heavy atom. The summed E-state index contributed by atoms with van der Waals surface area (Å²) >= 11 is 1.11. The van der Waals surface area contributed by atoms with Crippen molar-refractivity contribution in [2.24, 2.45) is 0 Å². The SMILES string of the molecule is COc1cc(C(=O)N2CCN(C(=O)c3csnn3)CC2)ccc1CNS(=O)(=O)c1ccc(N)cc1-c1cccc2cccnc12. The number of para-hydroxylation sites is 1. The Morgan fingerprint density at radius 1 is 0.956 bits per heavy atom. The Labute approximate surface area is 263 Å². The standard InChI is InChI=1S/C31H29N7O5S2/c1-43-27-16-21(30(39)37-12-14-38(15-13-37)31(40)26-19-44-36-35-26)7-8-22(27)18-34-45(41,42)28-10-9-23(32)17-25(28)24-6-2-4-20-5-3-11-33-29(20)24/h2-11,16-17,19,34H,12-15,18,32H2,1H3. The van der Waals surface area contributed by atoms with Crippen LogP contribution in [0.5, 0.6) is 5.75 Å². The van der Waals surface area contributed by atoms with Crippen molar-refractivity contribution in [3.05, 3.63) is 95.1 Å². The maximum absolute atomic E-state index is 13.7. The maximum atomic E-state index is 13.7. The third kappa shape index (κ3) is 6.20. The van der Waals surface area contributed by atoms with Crippen LogP contribution in [-0.4, -0.2) is 77.9 Å². The van der Waals surface area contributed by atoms with Gasteiger partial charge in [0.2, 0.25) is 10.0 Å². The van der Waals surface area contributed by atoms with Crippen molar-refractivity contribution in [2.45, 2.75) is 11.4 Å². The molecule has 45 heavy (non-hydrogen) atoms. The molecule has 2 amide bonds. The third-order valence-corrected chi connectivity index (χ3v) is 9.60. The average molecular weight is 644 g/mol. The van der Waals surface area contributed by atoms with Gasteiger partial charge in [-0.3, -0.25) is 14.6 Å². The highest BCUT2D eigenvalue weighted by atomic mass is 32.2. The van der Waals surface area contributed by atoms with Crippen LogP contribution in [-0.2, 0) is 16.6 Å². The molecule has 6 rings (SSSR count). The smallest absolute Gasteiger partial charge is 0.275 e. The molecule has 5 aromatic rings. The van der Waals surface area contributed by atoms with E-state index in [9.17, 15) is 18.0 Å². The second-order valence-corrected chi connectivity index (χ2v) is 12.7. The number of pyridine rings is 1. The van der Waals surface area contributed by atoms with Gasteiger partial charge < -0.3 is 20.3 Å². The quantitative estimate of drug-likeness (QED) is 0.242. The molecule has 12 nitrogen and oxygen atoms in total. The van der Waals surface area contributed by atoms with Gasteiger partial charge in [-0.15, -0.1) is 5.10 Å². The van der Waals surface area contributed by atoms with Crippen LogP contribution in [0.1, 0.15) is 26.4 Å². The van der Waals surface area contributed by atoms with Crippen LogP contribution in [0.4, 0.5) is 5.69 Å². The first-order chi connectivity index (χ1) is 21.7. The fraction of sp³-hybridized carbons (Fsp3) is 0.194. The number of hydrogen-bond donors (Lipinski definition) is 2. The number of nitrogens with one attached hydrogen (secondary N) is 1. The molecular weight excluding hydrogens is 615 g/mol. The van der Waals surface area contributed by atoms with Crippen LogP contribution in [0, 0.1) is 0 Å². The van der Waals surface area contributed by atoms with Crippen molar-refractivity contribution >= 4 is 50.0 Å². The summed E-state index contributed by atoms with van der Waals surface area (Å²) < 4.78 is 39.3. The van der Waals surface area contributed by atoms with E-state index in [2.05, 4.69) is 19.3 Å². The predicted octanol–water partition coefficient (Wildman–Crippen LogP) is 3.42. The third-order valence-electron chi connectivity index (χ3n) is 7.64. The number of carbonyl (C=O) groups excluding carboxylic acids is 2. The molecule has 0 unspecified atom stereocenters. The number of sulfonamides is 1. The first-order valence-electron chi connectivity index (χ1n) is 14.0. The number of hydrogen-bond acceptors (Lipinski definition) is 10. The van der Waals surface area contributed by atoms with Gasteiger partial charge in [0.25, 0.3) is 11.8 Å². The predicted molar refractivity (Wildman–Crippen MR) is 170 cm³/mol. The molecule has 3 N–H and O–H groups in total. The molecule has 0 bridgehead atoms. The first-order valence-corrected chi connectivity index (χ1v) is 16.3. The number of methoxy groups -OCH3 is 1. The Bertz CT molecular complexity index is 1990. The number of nitrogens with two attached hydrogens (primary N) is 1. The summed E-state index contributed by atoms with van der Waals surface area (Å²) in [5, 5.41) is 6.31. The Morgan fingerprint density at radius 3 is 2.44 bits per heavy atom. The van der Waals surface area contributed by atoms with Crippen LogP contribution in [0.15, 0.2) is 83.2 Å². The van der Waals surface area contributed by atoms with Gasteiger partial charge in [0.1, 0.15) is 5.75 Å².